The molecule has 0 unspecified atom stereocenters. The van der Waals surface area contributed by atoms with E-state index in [1.807, 2.05) is 66.0 Å². The van der Waals surface area contributed by atoms with Crippen LogP contribution in [0.25, 0.3) is 0 Å². The predicted molar refractivity (Wildman–Crippen MR) is 114 cm³/mol. The summed E-state index contributed by atoms with van der Waals surface area (Å²) in [6.07, 6.45) is -0.208. The maximum absolute atomic E-state index is 12.8. The van der Waals surface area contributed by atoms with Crippen molar-refractivity contribution in [2.45, 2.75) is 32.5 Å². The van der Waals surface area contributed by atoms with Gasteiger partial charge in [-0.1, -0.05) is 36.4 Å². The van der Waals surface area contributed by atoms with Gasteiger partial charge in [-0.2, -0.15) is 0 Å². The maximum atomic E-state index is 12.8. The first kappa shape index (κ1) is 19.2. The van der Waals surface area contributed by atoms with Gasteiger partial charge < -0.3 is 15.0 Å². The first-order valence-corrected chi connectivity index (χ1v) is 10.4. The molecular formula is C23H22N2O3S. The predicted octanol–water partition coefficient (Wildman–Crippen LogP) is 4.24. The van der Waals surface area contributed by atoms with Crippen LogP contribution in [0.5, 0.6) is 5.75 Å². The average molecular weight is 407 g/mol. The van der Waals surface area contributed by atoms with Gasteiger partial charge >= 0.3 is 0 Å². The Bertz CT molecular complexity index is 1000. The fourth-order valence-corrected chi connectivity index (χ4v) is 4.09. The monoisotopic (exact) mass is 406 g/mol. The van der Waals surface area contributed by atoms with Crippen molar-refractivity contribution in [2.75, 3.05) is 5.32 Å². The number of carbonyl (C=O) groups excluding carboxylic acids is 2. The summed E-state index contributed by atoms with van der Waals surface area (Å²) < 4.78 is 5.88. The van der Waals surface area contributed by atoms with E-state index in [-0.39, 0.29) is 11.8 Å². The van der Waals surface area contributed by atoms with Crippen molar-refractivity contribution in [1.29, 1.82) is 0 Å². The molecular weight excluding hydrogens is 384 g/mol. The molecule has 0 aliphatic carbocycles. The van der Waals surface area contributed by atoms with Crippen molar-refractivity contribution in [1.82, 2.24) is 4.90 Å². The van der Waals surface area contributed by atoms with Crippen LogP contribution in [0.4, 0.5) is 5.69 Å². The standard InChI is InChI=1S/C23H22N2O3S/c1-16-23(27)25(14-17-6-3-2-4-7-17)15-18-12-19(9-10-21(18)28-16)24-22(26)13-20-8-5-11-29-20/h2-12,16H,13-15H2,1H3,(H,24,26)/t16-/m1/s1. The Morgan fingerprint density at radius 1 is 1.17 bits per heavy atom. The third-order valence-electron chi connectivity index (χ3n) is 4.80. The fraction of sp³-hybridized carbons (Fsp3) is 0.217. The molecule has 5 nitrogen and oxygen atoms in total. The van der Waals surface area contributed by atoms with Crippen molar-refractivity contribution in [2.24, 2.45) is 0 Å². The Morgan fingerprint density at radius 3 is 2.76 bits per heavy atom. The highest BCUT2D eigenvalue weighted by atomic mass is 32.1. The molecule has 29 heavy (non-hydrogen) atoms. The largest absolute Gasteiger partial charge is 0.481 e. The Labute approximate surface area is 173 Å². The summed E-state index contributed by atoms with van der Waals surface area (Å²) in [4.78, 5) is 27.9. The van der Waals surface area contributed by atoms with E-state index in [1.165, 1.54) is 0 Å². The SMILES string of the molecule is C[C@H]1Oc2ccc(NC(=O)Cc3cccs3)cc2CN(Cc2ccccc2)C1=O. The molecule has 4 rings (SSSR count). The molecule has 6 heteroatoms. The zero-order valence-corrected chi connectivity index (χ0v) is 16.9. The smallest absolute Gasteiger partial charge is 0.263 e. The molecule has 0 saturated heterocycles. The summed E-state index contributed by atoms with van der Waals surface area (Å²) in [5, 5.41) is 4.91. The van der Waals surface area contributed by atoms with Crippen LogP contribution in [0.3, 0.4) is 0 Å². The molecule has 148 valence electrons. The van der Waals surface area contributed by atoms with Gasteiger partial charge in [0.15, 0.2) is 6.10 Å². The normalized spacial score (nSPS) is 16.0. The van der Waals surface area contributed by atoms with E-state index in [4.69, 9.17) is 4.74 Å². The number of nitrogens with zero attached hydrogens (tertiary/aromatic N) is 1. The van der Waals surface area contributed by atoms with Gasteiger partial charge in [0, 0.05) is 29.2 Å². The molecule has 2 aromatic carbocycles. The molecule has 1 atom stereocenters. The zero-order valence-electron chi connectivity index (χ0n) is 16.1. The summed E-state index contributed by atoms with van der Waals surface area (Å²) in [5.41, 5.74) is 2.65. The highest BCUT2D eigenvalue weighted by Crippen LogP contribution is 2.29. The zero-order chi connectivity index (χ0) is 20.2. The number of anilines is 1. The second-order valence-electron chi connectivity index (χ2n) is 7.07. The molecule has 2 heterocycles. The number of ether oxygens (including phenoxy) is 1. The molecule has 0 saturated carbocycles. The van der Waals surface area contributed by atoms with E-state index in [9.17, 15) is 9.59 Å². The van der Waals surface area contributed by atoms with E-state index < -0.39 is 6.10 Å². The Morgan fingerprint density at radius 2 is 2.00 bits per heavy atom. The van der Waals surface area contributed by atoms with Crippen LogP contribution in [-0.4, -0.2) is 22.8 Å². The summed E-state index contributed by atoms with van der Waals surface area (Å²) >= 11 is 1.56. The quantitative estimate of drug-likeness (QED) is 0.690. The number of hydrogen-bond donors (Lipinski definition) is 1. The second kappa shape index (κ2) is 8.49. The number of carbonyl (C=O) groups is 2. The van der Waals surface area contributed by atoms with Crippen LogP contribution in [0.1, 0.15) is 22.9 Å². The van der Waals surface area contributed by atoms with Gasteiger partial charge in [0.05, 0.1) is 6.42 Å². The van der Waals surface area contributed by atoms with Crippen molar-refractivity contribution in [3.05, 3.63) is 82.0 Å². The Kier molecular flexibility index (Phi) is 5.62. The maximum Gasteiger partial charge on any atom is 0.263 e. The third kappa shape index (κ3) is 4.66. The fourth-order valence-electron chi connectivity index (χ4n) is 3.39. The molecule has 0 spiro atoms. The minimum absolute atomic E-state index is 0.0478. The lowest BCUT2D eigenvalue weighted by atomic mass is 10.1. The van der Waals surface area contributed by atoms with Crippen LogP contribution >= 0.6 is 11.3 Å². The summed E-state index contributed by atoms with van der Waals surface area (Å²) in [6.45, 7) is 2.72. The first-order chi connectivity index (χ1) is 14.1. The summed E-state index contributed by atoms with van der Waals surface area (Å²) in [5.74, 6) is 0.568. The molecule has 1 aromatic heterocycles. The van der Waals surface area contributed by atoms with Crippen LogP contribution < -0.4 is 10.1 Å². The van der Waals surface area contributed by atoms with E-state index in [0.717, 1.165) is 16.0 Å². The van der Waals surface area contributed by atoms with Gasteiger partial charge in [-0.15, -0.1) is 11.3 Å². The van der Waals surface area contributed by atoms with Crippen LogP contribution in [0, 0.1) is 0 Å². The number of nitrogens with one attached hydrogen (secondary N) is 1. The number of hydrogen-bond acceptors (Lipinski definition) is 4. The molecule has 2 amide bonds. The minimum atomic E-state index is -0.556. The van der Waals surface area contributed by atoms with Gasteiger partial charge in [-0.25, -0.2) is 0 Å². The number of amides is 2. The number of fused-ring (bicyclic) bond motifs is 1. The molecule has 0 radical (unpaired) electrons. The van der Waals surface area contributed by atoms with Crippen molar-refractivity contribution >= 4 is 28.8 Å². The summed E-state index contributed by atoms with van der Waals surface area (Å²) in [6, 6.07) is 19.3. The summed E-state index contributed by atoms with van der Waals surface area (Å²) in [7, 11) is 0. The number of rotatable bonds is 5. The molecule has 3 aromatic rings. The Hall–Kier alpha value is -3.12. The van der Waals surface area contributed by atoms with E-state index >= 15 is 0 Å². The number of thiophene rings is 1. The molecule has 1 aliphatic heterocycles. The lowest BCUT2D eigenvalue weighted by Gasteiger charge is -2.22. The molecule has 1 N–H and O–H groups in total. The molecule has 0 bridgehead atoms. The van der Waals surface area contributed by atoms with Crippen LogP contribution in [0.15, 0.2) is 66.0 Å². The highest BCUT2D eigenvalue weighted by Gasteiger charge is 2.28. The van der Waals surface area contributed by atoms with E-state index in [1.54, 1.807) is 23.2 Å². The topological polar surface area (TPSA) is 58.6 Å². The van der Waals surface area contributed by atoms with E-state index in [0.29, 0.717) is 30.9 Å². The second-order valence-corrected chi connectivity index (χ2v) is 8.10. The van der Waals surface area contributed by atoms with Crippen molar-refractivity contribution in [3.8, 4) is 5.75 Å². The van der Waals surface area contributed by atoms with Gasteiger partial charge in [-0.05, 0) is 42.1 Å². The van der Waals surface area contributed by atoms with Crippen LogP contribution in [-0.2, 0) is 29.1 Å². The van der Waals surface area contributed by atoms with Gasteiger partial charge in [0.25, 0.3) is 5.91 Å². The Balaban J connectivity index is 1.52. The first-order valence-electron chi connectivity index (χ1n) is 9.53. The minimum Gasteiger partial charge on any atom is -0.481 e. The highest BCUT2D eigenvalue weighted by molar-refractivity contribution is 7.10. The van der Waals surface area contributed by atoms with Gasteiger partial charge in [0.2, 0.25) is 5.91 Å². The lowest BCUT2D eigenvalue weighted by Crippen LogP contribution is -2.37. The van der Waals surface area contributed by atoms with Gasteiger partial charge in [-0.3, -0.25) is 9.59 Å². The van der Waals surface area contributed by atoms with E-state index in [2.05, 4.69) is 5.32 Å². The third-order valence-corrected chi connectivity index (χ3v) is 5.68. The van der Waals surface area contributed by atoms with Crippen molar-refractivity contribution in [3.63, 3.8) is 0 Å². The number of benzene rings is 2. The lowest BCUT2D eigenvalue weighted by molar-refractivity contribution is -0.138. The molecule has 1 aliphatic rings. The van der Waals surface area contributed by atoms with Crippen LogP contribution in [0.2, 0.25) is 0 Å². The van der Waals surface area contributed by atoms with Gasteiger partial charge in [0.1, 0.15) is 5.75 Å². The van der Waals surface area contributed by atoms with Crippen molar-refractivity contribution < 1.29 is 14.3 Å². The molecule has 0 fully saturated rings. The average Bonchev–Trinajstić information content (AvgIpc) is 3.18.